The van der Waals surface area contributed by atoms with E-state index in [-0.39, 0.29) is 0 Å². The van der Waals surface area contributed by atoms with Gasteiger partial charge in [-0.1, -0.05) is 24.3 Å². The van der Waals surface area contributed by atoms with Crippen LogP contribution in [0, 0.1) is 11.3 Å². The van der Waals surface area contributed by atoms with Crippen molar-refractivity contribution in [3.63, 3.8) is 0 Å². The summed E-state index contributed by atoms with van der Waals surface area (Å²) in [6, 6.07) is 17.9. The molecule has 2 aromatic carbocycles. The summed E-state index contributed by atoms with van der Waals surface area (Å²) in [5, 5.41) is 9.62. The molecule has 3 heteroatoms. The van der Waals surface area contributed by atoms with Gasteiger partial charge < -0.3 is 9.47 Å². The molecule has 1 atom stereocenters. The number of rotatable bonds is 5. The molecular weight excluding hydrogens is 262 g/mol. The van der Waals surface area contributed by atoms with Crippen LogP contribution in [0.2, 0.25) is 0 Å². The molecule has 0 N–H and O–H groups in total. The number of ether oxygens (including phenoxy) is 2. The molecular formula is C18H19NO2. The highest BCUT2D eigenvalue weighted by atomic mass is 16.5. The van der Waals surface area contributed by atoms with Crippen molar-refractivity contribution in [2.75, 3.05) is 14.2 Å². The maximum absolute atomic E-state index is 9.62. The summed E-state index contributed by atoms with van der Waals surface area (Å²) >= 11 is 0. The molecule has 3 nitrogen and oxygen atoms in total. The van der Waals surface area contributed by atoms with Crippen molar-refractivity contribution < 1.29 is 9.47 Å². The predicted molar refractivity (Wildman–Crippen MR) is 82.7 cm³/mol. The molecule has 0 amide bonds. The molecule has 108 valence electrons. The van der Waals surface area contributed by atoms with Crippen LogP contribution >= 0.6 is 0 Å². The van der Waals surface area contributed by atoms with Gasteiger partial charge in [-0.3, -0.25) is 0 Å². The van der Waals surface area contributed by atoms with Crippen molar-refractivity contribution >= 4 is 0 Å². The number of methoxy groups -OCH3 is 2. The van der Waals surface area contributed by atoms with Crippen molar-refractivity contribution in [1.29, 1.82) is 5.26 Å². The first-order valence-corrected chi connectivity index (χ1v) is 6.80. The molecule has 0 radical (unpaired) electrons. The van der Waals surface area contributed by atoms with Crippen LogP contribution in [0.3, 0.4) is 0 Å². The molecule has 2 aromatic rings. The Kier molecular flexibility index (Phi) is 4.49. The summed E-state index contributed by atoms with van der Waals surface area (Å²) in [4.78, 5) is 0. The van der Waals surface area contributed by atoms with E-state index < -0.39 is 5.41 Å². The molecule has 0 aliphatic rings. The second-order valence-electron chi connectivity index (χ2n) is 5.20. The van der Waals surface area contributed by atoms with Gasteiger partial charge in [-0.05, 0) is 48.7 Å². The van der Waals surface area contributed by atoms with Crippen LogP contribution in [0.15, 0.2) is 48.5 Å². The summed E-state index contributed by atoms with van der Waals surface area (Å²) in [5.74, 6) is 1.62. The van der Waals surface area contributed by atoms with Crippen LogP contribution in [0.4, 0.5) is 0 Å². The average molecular weight is 281 g/mol. The zero-order valence-corrected chi connectivity index (χ0v) is 12.6. The van der Waals surface area contributed by atoms with Gasteiger partial charge in [-0.25, -0.2) is 0 Å². The summed E-state index contributed by atoms with van der Waals surface area (Å²) < 4.78 is 10.3. The van der Waals surface area contributed by atoms with E-state index in [2.05, 4.69) is 6.07 Å². The molecule has 0 bridgehead atoms. The Bertz CT molecular complexity index is 626. The van der Waals surface area contributed by atoms with Gasteiger partial charge >= 0.3 is 0 Å². The van der Waals surface area contributed by atoms with E-state index in [0.29, 0.717) is 6.42 Å². The van der Waals surface area contributed by atoms with Crippen LogP contribution in [0.5, 0.6) is 11.5 Å². The molecule has 0 aliphatic heterocycles. The summed E-state index contributed by atoms with van der Waals surface area (Å²) in [5.41, 5.74) is 1.53. The van der Waals surface area contributed by atoms with Crippen molar-refractivity contribution in [3.8, 4) is 17.6 Å². The number of nitriles is 1. The molecule has 0 fully saturated rings. The van der Waals surface area contributed by atoms with E-state index in [1.54, 1.807) is 14.2 Å². The monoisotopic (exact) mass is 281 g/mol. The van der Waals surface area contributed by atoms with Crippen molar-refractivity contribution in [2.45, 2.75) is 18.8 Å². The van der Waals surface area contributed by atoms with Gasteiger partial charge in [0.25, 0.3) is 0 Å². The number of hydrogen-bond acceptors (Lipinski definition) is 3. The molecule has 0 unspecified atom stereocenters. The van der Waals surface area contributed by atoms with Gasteiger partial charge in [0, 0.05) is 0 Å². The largest absolute Gasteiger partial charge is 0.497 e. The van der Waals surface area contributed by atoms with Gasteiger partial charge in [0.05, 0.1) is 25.7 Å². The van der Waals surface area contributed by atoms with Gasteiger partial charge in [-0.2, -0.15) is 5.26 Å². The minimum atomic E-state index is -0.569. The Morgan fingerprint density at radius 2 is 1.38 bits per heavy atom. The maximum atomic E-state index is 9.62. The highest BCUT2D eigenvalue weighted by molar-refractivity contribution is 5.39. The fourth-order valence-corrected chi connectivity index (χ4v) is 2.32. The third-order valence-electron chi connectivity index (χ3n) is 3.69. The average Bonchev–Trinajstić information content (AvgIpc) is 2.55. The third-order valence-corrected chi connectivity index (χ3v) is 3.69. The Balaban J connectivity index is 2.25. The number of nitrogens with zero attached hydrogens (tertiary/aromatic N) is 1. The second kappa shape index (κ2) is 6.32. The van der Waals surface area contributed by atoms with Gasteiger partial charge in [0.1, 0.15) is 11.5 Å². The summed E-state index contributed by atoms with van der Waals surface area (Å²) in [6.45, 7) is 1.96. The first kappa shape index (κ1) is 14.9. The lowest BCUT2D eigenvalue weighted by atomic mass is 9.78. The fourth-order valence-electron chi connectivity index (χ4n) is 2.32. The first-order chi connectivity index (χ1) is 10.1. The maximum Gasteiger partial charge on any atom is 0.118 e. The number of benzene rings is 2. The van der Waals surface area contributed by atoms with Gasteiger partial charge in [0.2, 0.25) is 0 Å². The zero-order chi connectivity index (χ0) is 15.3. The van der Waals surface area contributed by atoms with Crippen LogP contribution in [-0.4, -0.2) is 14.2 Å². The molecule has 0 aliphatic carbocycles. The zero-order valence-electron chi connectivity index (χ0n) is 12.6. The molecule has 0 saturated carbocycles. The molecule has 0 heterocycles. The van der Waals surface area contributed by atoms with E-state index in [0.717, 1.165) is 22.6 Å². The minimum Gasteiger partial charge on any atom is -0.497 e. The quantitative estimate of drug-likeness (QED) is 0.838. The van der Waals surface area contributed by atoms with Crippen LogP contribution in [0.25, 0.3) is 0 Å². The molecule has 0 aromatic heterocycles. The van der Waals surface area contributed by atoms with E-state index >= 15 is 0 Å². The van der Waals surface area contributed by atoms with Crippen molar-refractivity contribution in [3.05, 3.63) is 59.7 Å². The highest BCUT2D eigenvalue weighted by Gasteiger charge is 2.26. The van der Waals surface area contributed by atoms with Crippen LogP contribution in [-0.2, 0) is 11.8 Å². The standard InChI is InChI=1S/C18H19NO2/c1-18(13-19,15-6-10-17(21-3)11-7-15)12-14-4-8-16(20-2)9-5-14/h4-11H,12H2,1-3H3/t18-/m0/s1. The molecule has 2 rings (SSSR count). The normalized spacial score (nSPS) is 13.0. The van der Waals surface area contributed by atoms with E-state index in [9.17, 15) is 5.26 Å². The summed E-state index contributed by atoms with van der Waals surface area (Å²) in [7, 11) is 3.28. The lowest BCUT2D eigenvalue weighted by Gasteiger charge is -2.22. The fraction of sp³-hybridized carbons (Fsp3) is 0.278. The van der Waals surface area contributed by atoms with E-state index in [1.807, 2.05) is 55.5 Å². The van der Waals surface area contributed by atoms with Gasteiger partial charge in [-0.15, -0.1) is 0 Å². The predicted octanol–water partition coefficient (Wildman–Crippen LogP) is 3.73. The summed E-state index contributed by atoms with van der Waals surface area (Å²) in [6.07, 6.45) is 0.653. The highest BCUT2D eigenvalue weighted by Crippen LogP contribution is 2.29. The first-order valence-electron chi connectivity index (χ1n) is 6.80. The lowest BCUT2D eigenvalue weighted by molar-refractivity contribution is 0.414. The minimum absolute atomic E-state index is 0.569. The smallest absolute Gasteiger partial charge is 0.118 e. The SMILES string of the molecule is COc1ccc(C[C@@](C)(C#N)c2ccc(OC)cc2)cc1. The van der Waals surface area contributed by atoms with Gasteiger partial charge in [0.15, 0.2) is 0 Å². The Morgan fingerprint density at radius 1 is 0.905 bits per heavy atom. The van der Waals surface area contributed by atoms with Crippen LogP contribution in [0.1, 0.15) is 18.1 Å². The third kappa shape index (κ3) is 3.35. The van der Waals surface area contributed by atoms with Crippen molar-refractivity contribution in [1.82, 2.24) is 0 Å². The Labute approximate surface area is 125 Å². The van der Waals surface area contributed by atoms with E-state index in [1.165, 1.54) is 0 Å². The molecule has 0 spiro atoms. The second-order valence-corrected chi connectivity index (χ2v) is 5.20. The number of hydrogen-bond donors (Lipinski definition) is 0. The Hall–Kier alpha value is -2.47. The topological polar surface area (TPSA) is 42.2 Å². The van der Waals surface area contributed by atoms with E-state index in [4.69, 9.17) is 9.47 Å². The van der Waals surface area contributed by atoms with Crippen molar-refractivity contribution in [2.24, 2.45) is 0 Å². The molecule has 21 heavy (non-hydrogen) atoms. The Morgan fingerprint density at radius 3 is 1.81 bits per heavy atom. The van der Waals surface area contributed by atoms with Crippen LogP contribution < -0.4 is 9.47 Å². The lowest BCUT2D eigenvalue weighted by Crippen LogP contribution is -2.22. The molecule has 0 saturated heterocycles.